The van der Waals surface area contributed by atoms with E-state index in [1.807, 2.05) is 25.1 Å². The van der Waals surface area contributed by atoms with Gasteiger partial charge in [-0.1, -0.05) is 6.07 Å². The molecule has 1 aliphatic rings. The minimum Gasteiger partial charge on any atom is -0.341 e. The fourth-order valence-corrected chi connectivity index (χ4v) is 5.12. The Morgan fingerprint density at radius 1 is 1.04 bits per heavy atom. The molecule has 0 atom stereocenters. The predicted molar refractivity (Wildman–Crippen MR) is 113 cm³/mol. The van der Waals surface area contributed by atoms with Gasteiger partial charge in [0.2, 0.25) is 5.95 Å². The van der Waals surface area contributed by atoms with Gasteiger partial charge in [0.15, 0.2) is 0 Å². The average Bonchev–Trinajstić information content (AvgIpc) is 3.37. The van der Waals surface area contributed by atoms with Crippen molar-refractivity contribution in [3.63, 3.8) is 0 Å². The van der Waals surface area contributed by atoms with Crippen LogP contribution < -0.4 is 14.9 Å². The van der Waals surface area contributed by atoms with E-state index in [2.05, 4.69) is 24.9 Å². The summed E-state index contributed by atoms with van der Waals surface area (Å²) in [6.07, 6.45) is 2.34. The maximum atomic E-state index is 12.3. The number of rotatable bonds is 6. The highest BCUT2D eigenvalue weighted by molar-refractivity contribution is 7.94. The van der Waals surface area contributed by atoms with E-state index in [9.17, 15) is 8.42 Å². The van der Waals surface area contributed by atoms with E-state index < -0.39 is 10.0 Å². The number of hydrogen-bond acceptors (Lipinski definition) is 7. The predicted octanol–water partition coefficient (Wildman–Crippen LogP) is 3.99. The Bertz CT molecular complexity index is 1040. The zero-order chi connectivity index (χ0) is 19.6. The molecule has 7 nitrogen and oxygen atoms in total. The van der Waals surface area contributed by atoms with Gasteiger partial charge < -0.3 is 10.2 Å². The van der Waals surface area contributed by atoms with Crippen molar-refractivity contribution in [2.24, 2.45) is 0 Å². The Morgan fingerprint density at radius 3 is 2.43 bits per heavy atom. The van der Waals surface area contributed by atoms with Gasteiger partial charge in [0.1, 0.15) is 10.0 Å². The molecule has 28 heavy (non-hydrogen) atoms. The van der Waals surface area contributed by atoms with Crippen molar-refractivity contribution < 1.29 is 8.42 Å². The lowest BCUT2D eigenvalue weighted by Crippen LogP contribution is -2.21. The van der Waals surface area contributed by atoms with Crippen LogP contribution in [0.15, 0.2) is 52.1 Å². The van der Waals surface area contributed by atoms with Gasteiger partial charge in [0.05, 0.1) is 0 Å². The van der Waals surface area contributed by atoms with E-state index in [-0.39, 0.29) is 0 Å². The minimum absolute atomic E-state index is 0.292. The number of benzene rings is 1. The SMILES string of the molecule is Cc1cc(Nc2ccc(NS(=O)(=O)c3cccs3)cc2)nc(N2CCCC2)n1. The van der Waals surface area contributed by atoms with Crippen LogP contribution in [0.4, 0.5) is 23.1 Å². The molecule has 3 heterocycles. The number of anilines is 4. The van der Waals surface area contributed by atoms with Crippen LogP contribution in [-0.4, -0.2) is 31.5 Å². The third-order valence-electron chi connectivity index (χ3n) is 4.40. The molecule has 9 heteroatoms. The lowest BCUT2D eigenvalue weighted by Gasteiger charge is -2.17. The number of nitrogens with one attached hydrogen (secondary N) is 2. The second kappa shape index (κ2) is 7.76. The molecule has 1 aliphatic heterocycles. The summed E-state index contributed by atoms with van der Waals surface area (Å²) in [4.78, 5) is 11.4. The largest absolute Gasteiger partial charge is 0.341 e. The molecule has 1 fully saturated rings. The summed E-state index contributed by atoms with van der Waals surface area (Å²) in [7, 11) is -3.54. The first-order valence-corrected chi connectivity index (χ1v) is 11.4. The van der Waals surface area contributed by atoms with Gasteiger partial charge in [-0.05, 0) is 55.5 Å². The van der Waals surface area contributed by atoms with E-state index in [0.717, 1.165) is 36.2 Å². The van der Waals surface area contributed by atoms with E-state index in [4.69, 9.17) is 0 Å². The fourth-order valence-electron chi connectivity index (χ4n) is 3.07. The van der Waals surface area contributed by atoms with Crippen LogP contribution in [0, 0.1) is 6.92 Å². The van der Waals surface area contributed by atoms with Crippen LogP contribution in [0.25, 0.3) is 0 Å². The van der Waals surface area contributed by atoms with Gasteiger partial charge in [0.25, 0.3) is 10.0 Å². The molecule has 2 aromatic heterocycles. The normalized spacial score (nSPS) is 14.2. The lowest BCUT2D eigenvalue weighted by atomic mass is 10.3. The van der Waals surface area contributed by atoms with Crippen molar-refractivity contribution in [2.75, 3.05) is 28.0 Å². The monoisotopic (exact) mass is 415 g/mol. The summed E-state index contributed by atoms with van der Waals surface area (Å²) >= 11 is 1.19. The molecule has 0 radical (unpaired) electrons. The van der Waals surface area contributed by atoms with Gasteiger partial charge in [-0.15, -0.1) is 11.3 Å². The van der Waals surface area contributed by atoms with Crippen molar-refractivity contribution >= 4 is 44.5 Å². The number of aryl methyl sites for hydroxylation is 1. The first kappa shape index (κ1) is 18.7. The number of aromatic nitrogens is 2. The van der Waals surface area contributed by atoms with Gasteiger partial charge in [-0.25, -0.2) is 13.4 Å². The van der Waals surface area contributed by atoms with E-state index in [0.29, 0.717) is 9.90 Å². The van der Waals surface area contributed by atoms with Crippen LogP contribution >= 0.6 is 11.3 Å². The van der Waals surface area contributed by atoms with Crippen molar-refractivity contribution in [3.05, 3.63) is 53.5 Å². The van der Waals surface area contributed by atoms with Crippen molar-refractivity contribution in [1.29, 1.82) is 0 Å². The van der Waals surface area contributed by atoms with Crippen LogP contribution in [0.1, 0.15) is 18.5 Å². The lowest BCUT2D eigenvalue weighted by molar-refractivity contribution is 0.603. The molecule has 0 saturated carbocycles. The van der Waals surface area contributed by atoms with E-state index >= 15 is 0 Å². The first-order chi connectivity index (χ1) is 13.5. The molecule has 0 amide bonds. The molecule has 2 N–H and O–H groups in total. The molecule has 0 spiro atoms. The first-order valence-electron chi connectivity index (χ1n) is 9.04. The second-order valence-corrected chi connectivity index (χ2v) is 9.49. The molecule has 1 aromatic carbocycles. The van der Waals surface area contributed by atoms with Crippen LogP contribution in [0.5, 0.6) is 0 Å². The molecule has 146 valence electrons. The van der Waals surface area contributed by atoms with Crippen LogP contribution in [0.2, 0.25) is 0 Å². The third kappa shape index (κ3) is 4.26. The number of sulfonamides is 1. The summed E-state index contributed by atoms with van der Waals surface area (Å²) in [5.74, 6) is 1.47. The zero-order valence-corrected chi connectivity index (χ0v) is 17.1. The van der Waals surface area contributed by atoms with Gasteiger partial charge in [-0.2, -0.15) is 4.98 Å². The molecule has 0 aliphatic carbocycles. The van der Waals surface area contributed by atoms with E-state index in [1.165, 1.54) is 24.2 Å². The Kier molecular flexibility index (Phi) is 5.19. The highest BCUT2D eigenvalue weighted by Crippen LogP contribution is 2.24. The maximum absolute atomic E-state index is 12.3. The highest BCUT2D eigenvalue weighted by Gasteiger charge is 2.17. The summed E-state index contributed by atoms with van der Waals surface area (Å²) < 4.78 is 27.5. The van der Waals surface area contributed by atoms with Gasteiger partial charge in [0, 0.05) is 36.2 Å². The van der Waals surface area contributed by atoms with Gasteiger partial charge in [-0.3, -0.25) is 4.72 Å². The highest BCUT2D eigenvalue weighted by atomic mass is 32.2. The smallest absolute Gasteiger partial charge is 0.271 e. The molecular formula is C19H21N5O2S2. The maximum Gasteiger partial charge on any atom is 0.271 e. The summed E-state index contributed by atoms with van der Waals surface area (Å²) in [6, 6.07) is 12.3. The second-order valence-electron chi connectivity index (χ2n) is 6.63. The Morgan fingerprint density at radius 2 is 1.75 bits per heavy atom. The van der Waals surface area contributed by atoms with Gasteiger partial charge >= 0.3 is 0 Å². The van der Waals surface area contributed by atoms with Crippen LogP contribution in [0.3, 0.4) is 0 Å². The van der Waals surface area contributed by atoms with Crippen molar-refractivity contribution in [1.82, 2.24) is 9.97 Å². The number of hydrogen-bond donors (Lipinski definition) is 2. The summed E-state index contributed by atoms with van der Waals surface area (Å²) in [6.45, 7) is 3.93. The molecule has 0 unspecified atom stereocenters. The fraction of sp³-hybridized carbons (Fsp3) is 0.263. The standard InChI is InChI=1S/C19H21N5O2S2/c1-14-13-17(22-19(20-14)24-10-2-3-11-24)21-15-6-8-16(9-7-15)23-28(25,26)18-5-4-12-27-18/h4-9,12-13,23H,2-3,10-11H2,1H3,(H,20,21,22). The number of nitrogens with zero attached hydrogens (tertiary/aromatic N) is 3. The topological polar surface area (TPSA) is 87.2 Å². The molecule has 0 bridgehead atoms. The molecule has 1 saturated heterocycles. The average molecular weight is 416 g/mol. The quantitative estimate of drug-likeness (QED) is 0.633. The minimum atomic E-state index is -3.54. The Balaban J connectivity index is 1.48. The van der Waals surface area contributed by atoms with Crippen LogP contribution in [-0.2, 0) is 10.0 Å². The Hall–Kier alpha value is -2.65. The Labute approximate surface area is 168 Å². The molecule has 4 rings (SSSR count). The summed E-state index contributed by atoms with van der Waals surface area (Å²) in [5.41, 5.74) is 2.24. The molecule has 3 aromatic rings. The van der Waals surface area contributed by atoms with Crippen molar-refractivity contribution in [2.45, 2.75) is 24.0 Å². The summed E-state index contributed by atoms with van der Waals surface area (Å²) in [5, 5.41) is 5.01. The third-order valence-corrected chi connectivity index (χ3v) is 7.18. The zero-order valence-electron chi connectivity index (χ0n) is 15.4. The molecular weight excluding hydrogens is 394 g/mol. The van der Waals surface area contributed by atoms with Crippen molar-refractivity contribution in [3.8, 4) is 0 Å². The number of thiophene rings is 1. The van der Waals surface area contributed by atoms with E-state index in [1.54, 1.807) is 29.6 Å².